The van der Waals surface area contributed by atoms with Gasteiger partial charge < -0.3 is 15.4 Å². The monoisotopic (exact) mass is 310 g/mol. The number of hydrogen-bond acceptors (Lipinski definition) is 3. The number of nitrogens with one attached hydrogen (secondary N) is 2. The van der Waals surface area contributed by atoms with Crippen LogP contribution in [0.15, 0.2) is 18.2 Å². The molecule has 3 nitrogen and oxygen atoms in total. The predicted octanol–water partition coefficient (Wildman–Crippen LogP) is 3.30. The lowest BCUT2D eigenvalue weighted by molar-refractivity contribution is -0.137. The number of piperidine rings is 1. The molecular weight excluding hydrogens is 293 g/mol. The summed E-state index contributed by atoms with van der Waals surface area (Å²) in [5, 5.41) is 6.36. The number of anilines is 1. The highest BCUT2D eigenvalue weighted by Gasteiger charge is 2.31. The summed E-state index contributed by atoms with van der Waals surface area (Å²) in [5.74, 6) is 0.214. The molecule has 1 aliphatic heterocycles. The van der Waals surface area contributed by atoms with Gasteiger partial charge in [0.15, 0.2) is 0 Å². The first-order chi connectivity index (χ1) is 8.99. The summed E-state index contributed by atoms with van der Waals surface area (Å²) in [6.07, 6.45) is -2.56. The fourth-order valence-corrected chi connectivity index (χ4v) is 2.17. The summed E-state index contributed by atoms with van der Waals surface area (Å²) in [6, 6.07) is 3.93. The third kappa shape index (κ3) is 4.45. The minimum absolute atomic E-state index is 0. The van der Waals surface area contributed by atoms with Crippen molar-refractivity contribution in [2.24, 2.45) is 0 Å². The molecule has 0 bridgehead atoms. The summed E-state index contributed by atoms with van der Waals surface area (Å²) in [5.41, 5.74) is -0.234. The Balaban J connectivity index is 0.00000200. The molecule has 0 aromatic heterocycles. The molecule has 0 saturated carbocycles. The summed E-state index contributed by atoms with van der Waals surface area (Å²) in [4.78, 5) is 0. The maximum Gasteiger partial charge on any atom is 0.416 e. The average Bonchev–Trinajstić information content (AvgIpc) is 2.38. The number of rotatable bonds is 3. The van der Waals surface area contributed by atoms with E-state index in [0.717, 1.165) is 38.1 Å². The van der Waals surface area contributed by atoms with Crippen molar-refractivity contribution in [3.63, 3.8) is 0 Å². The molecule has 114 valence electrons. The Morgan fingerprint density at radius 1 is 1.20 bits per heavy atom. The van der Waals surface area contributed by atoms with E-state index in [1.54, 1.807) is 6.07 Å². The van der Waals surface area contributed by atoms with Gasteiger partial charge >= 0.3 is 6.18 Å². The first kappa shape index (κ1) is 16.9. The third-order valence-electron chi connectivity index (χ3n) is 3.18. The van der Waals surface area contributed by atoms with Gasteiger partial charge in [0.1, 0.15) is 5.75 Å². The van der Waals surface area contributed by atoms with Gasteiger partial charge in [0.25, 0.3) is 0 Å². The molecule has 0 radical (unpaired) electrons. The maximum absolute atomic E-state index is 12.8. The van der Waals surface area contributed by atoms with Crippen molar-refractivity contribution in [2.45, 2.75) is 25.1 Å². The lowest BCUT2D eigenvalue weighted by Crippen LogP contribution is -2.35. The highest BCUT2D eigenvalue weighted by molar-refractivity contribution is 5.85. The normalized spacial score (nSPS) is 16.4. The summed E-state index contributed by atoms with van der Waals surface area (Å²) in [7, 11) is 1.36. The standard InChI is InChI=1S/C13H17F3N2O.ClH/c1-19-12-7-9(13(14,15)16)6-11(8-12)18-10-2-4-17-5-3-10;/h6-8,10,17-18H,2-5H2,1H3;1H. The molecule has 1 saturated heterocycles. The van der Waals surface area contributed by atoms with Gasteiger partial charge in [-0.25, -0.2) is 0 Å². The fraction of sp³-hybridized carbons (Fsp3) is 0.538. The SMILES string of the molecule is COc1cc(NC2CCNCC2)cc(C(F)(F)F)c1.Cl. The molecule has 7 heteroatoms. The molecule has 1 aliphatic rings. The van der Waals surface area contributed by atoms with Crippen LogP contribution in [0.25, 0.3) is 0 Å². The molecule has 0 spiro atoms. The molecule has 20 heavy (non-hydrogen) atoms. The lowest BCUT2D eigenvalue weighted by Gasteiger charge is -2.25. The number of ether oxygens (including phenoxy) is 1. The van der Waals surface area contributed by atoms with E-state index in [1.807, 2.05) is 0 Å². The van der Waals surface area contributed by atoms with Crippen LogP contribution in [0.3, 0.4) is 0 Å². The van der Waals surface area contributed by atoms with Crippen LogP contribution in [-0.2, 0) is 6.18 Å². The minimum atomic E-state index is -4.36. The predicted molar refractivity (Wildman–Crippen MR) is 74.8 cm³/mol. The van der Waals surface area contributed by atoms with E-state index in [2.05, 4.69) is 10.6 Å². The highest BCUT2D eigenvalue weighted by Crippen LogP contribution is 2.34. The van der Waals surface area contributed by atoms with Crippen LogP contribution in [-0.4, -0.2) is 26.2 Å². The first-order valence-electron chi connectivity index (χ1n) is 6.22. The van der Waals surface area contributed by atoms with E-state index in [9.17, 15) is 13.2 Å². The quantitative estimate of drug-likeness (QED) is 0.899. The van der Waals surface area contributed by atoms with E-state index >= 15 is 0 Å². The molecule has 2 N–H and O–H groups in total. The Labute approximate surface area is 122 Å². The van der Waals surface area contributed by atoms with Crippen molar-refractivity contribution < 1.29 is 17.9 Å². The van der Waals surface area contributed by atoms with Gasteiger partial charge in [-0.05, 0) is 38.1 Å². The number of methoxy groups -OCH3 is 1. The van der Waals surface area contributed by atoms with E-state index in [1.165, 1.54) is 7.11 Å². The van der Waals surface area contributed by atoms with Crippen LogP contribution in [0.1, 0.15) is 18.4 Å². The van der Waals surface area contributed by atoms with Gasteiger partial charge in [0, 0.05) is 17.8 Å². The van der Waals surface area contributed by atoms with Gasteiger partial charge in [-0.1, -0.05) is 0 Å². The fourth-order valence-electron chi connectivity index (χ4n) is 2.17. The second kappa shape index (κ2) is 7.04. The van der Waals surface area contributed by atoms with Crippen LogP contribution in [0.5, 0.6) is 5.75 Å². The Kier molecular flexibility index (Phi) is 5.95. The lowest BCUT2D eigenvalue weighted by atomic mass is 10.1. The molecule has 0 unspecified atom stereocenters. The molecule has 1 aromatic rings. The number of halogens is 4. The summed E-state index contributed by atoms with van der Waals surface area (Å²) < 4.78 is 43.2. The smallest absolute Gasteiger partial charge is 0.416 e. The van der Waals surface area contributed by atoms with Crippen molar-refractivity contribution in [3.05, 3.63) is 23.8 Å². The Morgan fingerprint density at radius 3 is 2.40 bits per heavy atom. The molecular formula is C13H18ClF3N2O. The number of alkyl halides is 3. The van der Waals surface area contributed by atoms with Gasteiger partial charge in [-0.2, -0.15) is 13.2 Å². The molecule has 0 atom stereocenters. The van der Waals surface area contributed by atoms with Crippen molar-refractivity contribution in [1.82, 2.24) is 5.32 Å². The van der Waals surface area contributed by atoms with Gasteiger partial charge in [-0.15, -0.1) is 12.4 Å². The molecule has 1 aromatic carbocycles. The molecule has 1 heterocycles. The van der Waals surface area contributed by atoms with Crippen LogP contribution < -0.4 is 15.4 Å². The third-order valence-corrected chi connectivity index (χ3v) is 3.18. The zero-order valence-corrected chi connectivity index (χ0v) is 11.9. The van der Waals surface area contributed by atoms with Crippen LogP contribution in [0, 0.1) is 0 Å². The zero-order valence-electron chi connectivity index (χ0n) is 11.1. The van der Waals surface area contributed by atoms with E-state index in [-0.39, 0.29) is 24.2 Å². The van der Waals surface area contributed by atoms with Crippen molar-refractivity contribution >= 4 is 18.1 Å². The van der Waals surface area contributed by atoms with E-state index < -0.39 is 11.7 Å². The largest absolute Gasteiger partial charge is 0.497 e. The first-order valence-corrected chi connectivity index (χ1v) is 6.22. The Bertz CT molecular complexity index is 434. The van der Waals surface area contributed by atoms with E-state index in [0.29, 0.717) is 5.69 Å². The average molecular weight is 311 g/mol. The van der Waals surface area contributed by atoms with Gasteiger partial charge in [0.05, 0.1) is 12.7 Å². The second-order valence-corrected chi connectivity index (χ2v) is 4.62. The molecule has 1 fully saturated rings. The van der Waals surface area contributed by atoms with E-state index in [4.69, 9.17) is 4.74 Å². The zero-order chi connectivity index (χ0) is 13.9. The highest BCUT2D eigenvalue weighted by atomic mass is 35.5. The number of hydrogen-bond donors (Lipinski definition) is 2. The minimum Gasteiger partial charge on any atom is -0.497 e. The van der Waals surface area contributed by atoms with Crippen LogP contribution >= 0.6 is 12.4 Å². The van der Waals surface area contributed by atoms with Crippen LogP contribution in [0.2, 0.25) is 0 Å². The van der Waals surface area contributed by atoms with Gasteiger partial charge in [0.2, 0.25) is 0 Å². The Morgan fingerprint density at radius 2 is 1.85 bits per heavy atom. The van der Waals surface area contributed by atoms with Crippen molar-refractivity contribution in [3.8, 4) is 5.75 Å². The molecule has 2 rings (SSSR count). The maximum atomic E-state index is 12.8. The summed E-state index contributed by atoms with van der Waals surface area (Å²) in [6.45, 7) is 1.77. The topological polar surface area (TPSA) is 33.3 Å². The van der Waals surface area contributed by atoms with Crippen molar-refractivity contribution in [2.75, 3.05) is 25.5 Å². The Hall–Kier alpha value is -1.14. The van der Waals surface area contributed by atoms with Crippen LogP contribution in [0.4, 0.5) is 18.9 Å². The second-order valence-electron chi connectivity index (χ2n) is 4.62. The molecule has 0 aliphatic carbocycles. The van der Waals surface area contributed by atoms with Gasteiger partial charge in [-0.3, -0.25) is 0 Å². The summed E-state index contributed by atoms with van der Waals surface area (Å²) >= 11 is 0. The van der Waals surface area contributed by atoms with Crippen molar-refractivity contribution in [1.29, 1.82) is 0 Å². The molecule has 0 amide bonds. The number of benzene rings is 1.